The largest absolute Gasteiger partial charge is 0.481 e. The minimum Gasteiger partial charge on any atom is -0.481 e. The molecule has 2 bridgehead atoms. The van der Waals surface area contributed by atoms with Crippen molar-refractivity contribution in [3.05, 3.63) is 24.0 Å². The lowest BCUT2D eigenvalue weighted by Gasteiger charge is -2.17. The third-order valence-electron chi connectivity index (χ3n) is 3.27. The highest BCUT2D eigenvalue weighted by Crippen LogP contribution is 2.48. The van der Waals surface area contributed by atoms with Gasteiger partial charge in [0.25, 0.3) is 0 Å². The molecule has 2 rings (SSSR count). The number of carbonyl (C=O) groups is 2. The maximum Gasteiger partial charge on any atom is 0.338 e. The van der Waals surface area contributed by atoms with Crippen molar-refractivity contribution in [2.45, 2.75) is 19.8 Å². The van der Waals surface area contributed by atoms with E-state index in [0.29, 0.717) is 17.8 Å². The number of aliphatic carboxylic acids is 1. The van der Waals surface area contributed by atoms with Gasteiger partial charge in [0.2, 0.25) is 0 Å². The number of carbonyl (C=O) groups excluding carboxylic acids is 1. The zero-order valence-corrected chi connectivity index (χ0v) is 9.10. The zero-order valence-electron chi connectivity index (χ0n) is 9.10. The summed E-state index contributed by atoms with van der Waals surface area (Å²) in [6, 6.07) is 0. The fraction of sp³-hybridized carbons (Fsp3) is 0.500. The van der Waals surface area contributed by atoms with Crippen LogP contribution in [-0.4, -0.2) is 17.0 Å². The number of rotatable bonds is 3. The summed E-state index contributed by atoms with van der Waals surface area (Å²) >= 11 is 0. The second kappa shape index (κ2) is 3.77. The molecule has 0 radical (unpaired) electrons. The van der Waals surface area contributed by atoms with Crippen LogP contribution in [0, 0.1) is 17.8 Å². The average molecular weight is 222 g/mol. The topological polar surface area (TPSA) is 63.6 Å². The van der Waals surface area contributed by atoms with Crippen LogP contribution in [-0.2, 0) is 14.3 Å². The van der Waals surface area contributed by atoms with E-state index in [1.165, 1.54) is 0 Å². The van der Waals surface area contributed by atoms with Crippen LogP contribution in [0.4, 0.5) is 0 Å². The standard InChI is InChI=1S/C12H14O4/c1-6(2)12(15)16-10-5-7-3-8(10)4-9(7)11(13)14/h5,7-9H,1,3-4H2,2H3,(H,13,14). The molecule has 3 atom stereocenters. The van der Waals surface area contributed by atoms with E-state index in [1.54, 1.807) is 13.0 Å². The Morgan fingerprint density at radius 1 is 1.50 bits per heavy atom. The Morgan fingerprint density at radius 2 is 2.19 bits per heavy atom. The molecule has 0 aliphatic heterocycles. The van der Waals surface area contributed by atoms with Gasteiger partial charge in [-0.05, 0) is 31.8 Å². The average Bonchev–Trinajstić information content (AvgIpc) is 2.75. The van der Waals surface area contributed by atoms with E-state index in [9.17, 15) is 9.59 Å². The Hall–Kier alpha value is -1.58. The Balaban J connectivity index is 2.04. The molecule has 0 saturated heterocycles. The Labute approximate surface area is 93.6 Å². The van der Waals surface area contributed by atoms with E-state index in [-0.39, 0.29) is 17.8 Å². The maximum absolute atomic E-state index is 11.3. The number of fused-ring (bicyclic) bond motifs is 2. The molecule has 0 aromatic heterocycles. The van der Waals surface area contributed by atoms with Crippen molar-refractivity contribution >= 4 is 11.9 Å². The van der Waals surface area contributed by atoms with Crippen LogP contribution in [0.3, 0.4) is 0 Å². The minimum absolute atomic E-state index is 0.0235. The molecule has 2 aliphatic carbocycles. The van der Waals surface area contributed by atoms with Crippen LogP contribution in [0.1, 0.15) is 19.8 Å². The monoisotopic (exact) mass is 222 g/mol. The van der Waals surface area contributed by atoms with Crippen molar-refractivity contribution in [1.82, 2.24) is 0 Å². The van der Waals surface area contributed by atoms with Gasteiger partial charge in [-0.2, -0.15) is 0 Å². The fourth-order valence-electron chi connectivity index (χ4n) is 2.43. The highest BCUT2D eigenvalue weighted by molar-refractivity contribution is 5.87. The van der Waals surface area contributed by atoms with Gasteiger partial charge in [-0.25, -0.2) is 4.79 Å². The molecule has 1 fully saturated rings. The molecule has 16 heavy (non-hydrogen) atoms. The summed E-state index contributed by atoms with van der Waals surface area (Å²) in [5, 5.41) is 8.94. The van der Waals surface area contributed by atoms with Gasteiger partial charge in [0, 0.05) is 11.5 Å². The first-order valence-corrected chi connectivity index (χ1v) is 5.31. The summed E-state index contributed by atoms with van der Waals surface area (Å²) in [4.78, 5) is 22.2. The van der Waals surface area contributed by atoms with Crippen molar-refractivity contribution < 1.29 is 19.4 Å². The minimum atomic E-state index is -0.756. The number of carboxylic acid groups (broad SMARTS) is 1. The van der Waals surface area contributed by atoms with E-state index in [4.69, 9.17) is 9.84 Å². The van der Waals surface area contributed by atoms with Crippen molar-refractivity contribution in [1.29, 1.82) is 0 Å². The molecular formula is C12H14O4. The molecule has 0 aromatic rings. The molecule has 0 aromatic carbocycles. The first-order valence-electron chi connectivity index (χ1n) is 5.31. The second-order valence-corrected chi connectivity index (χ2v) is 4.52. The highest BCUT2D eigenvalue weighted by Gasteiger charge is 2.45. The summed E-state index contributed by atoms with van der Waals surface area (Å²) in [5.41, 5.74) is 0.360. The van der Waals surface area contributed by atoms with E-state index in [2.05, 4.69) is 6.58 Å². The van der Waals surface area contributed by atoms with Crippen molar-refractivity contribution in [2.24, 2.45) is 17.8 Å². The van der Waals surface area contributed by atoms with Crippen LogP contribution in [0.5, 0.6) is 0 Å². The Morgan fingerprint density at radius 3 is 2.62 bits per heavy atom. The lowest BCUT2D eigenvalue weighted by atomic mass is 9.93. The number of hydrogen-bond donors (Lipinski definition) is 1. The third-order valence-corrected chi connectivity index (χ3v) is 3.27. The number of ether oxygens (including phenoxy) is 1. The predicted octanol–water partition coefficient (Wildman–Crippen LogP) is 1.73. The van der Waals surface area contributed by atoms with Crippen LogP contribution in [0.15, 0.2) is 24.0 Å². The molecule has 3 unspecified atom stereocenters. The lowest BCUT2D eigenvalue weighted by Crippen LogP contribution is -2.20. The van der Waals surface area contributed by atoms with Crippen molar-refractivity contribution in [3.8, 4) is 0 Å². The Bertz CT molecular complexity index is 394. The summed E-state index contributed by atoms with van der Waals surface area (Å²) < 4.78 is 5.16. The van der Waals surface area contributed by atoms with Crippen molar-refractivity contribution in [2.75, 3.05) is 0 Å². The van der Waals surface area contributed by atoms with E-state index < -0.39 is 11.9 Å². The lowest BCUT2D eigenvalue weighted by molar-refractivity contribution is -0.142. The van der Waals surface area contributed by atoms with Gasteiger partial charge in [-0.1, -0.05) is 6.58 Å². The van der Waals surface area contributed by atoms with Crippen LogP contribution >= 0.6 is 0 Å². The quantitative estimate of drug-likeness (QED) is 0.583. The number of allylic oxidation sites excluding steroid dienone is 2. The molecule has 4 heteroatoms. The highest BCUT2D eigenvalue weighted by atomic mass is 16.5. The van der Waals surface area contributed by atoms with Gasteiger partial charge in [-0.15, -0.1) is 0 Å². The SMILES string of the molecule is C=C(C)C(=O)OC1=CC2CC1CC2C(=O)O. The van der Waals surface area contributed by atoms with Crippen LogP contribution < -0.4 is 0 Å². The normalized spacial score (nSPS) is 31.1. The van der Waals surface area contributed by atoms with E-state index in [0.717, 1.165) is 6.42 Å². The molecule has 1 saturated carbocycles. The zero-order chi connectivity index (χ0) is 11.9. The molecule has 0 amide bonds. The first kappa shape index (κ1) is 10.9. The fourth-order valence-corrected chi connectivity index (χ4v) is 2.43. The number of esters is 1. The number of hydrogen-bond acceptors (Lipinski definition) is 3. The second-order valence-electron chi connectivity index (χ2n) is 4.52. The first-order chi connectivity index (χ1) is 7.49. The molecular weight excluding hydrogens is 208 g/mol. The van der Waals surface area contributed by atoms with Gasteiger partial charge < -0.3 is 9.84 Å². The molecule has 2 aliphatic rings. The maximum atomic E-state index is 11.3. The summed E-state index contributed by atoms with van der Waals surface area (Å²) in [7, 11) is 0. The van der Waals surface area contributed by atoms with Gasteiger partial charge in [0.05, 0.1) is 5.92 Å². The molecule has 1 N–H and O–H groups in total. The smallest absolute Gasteiger partial charge is 0.338 e. The van der Waals surface area contributed by atoms with Crippen LogP contribution in [0.2, 0.25) is 0 Å². The summed E-state index contributed by atoms with van der Waals surface area (Å²) in [6.07, 6.45) is 3.15. The van der Waals surface area contributed by atoms with Gasteiger partial charge >= 0.3 is 11.9 Å². The van der Waals surface area contributed by atoms with Gasteiger partial charge in [-0.3, -0.25) is 4.79 Å². The molecule has 86 valence electrons. The predicted molar refractivity (Wildman–Crippen MR) is 56.3 cm³/mol. The Kier molecular flexibility index (Phi) is 2.58. The number of carboxylic acids is 1. The van der Waals surface area contributed by atoms with Gasteiger partial charge in [0.1, 0.15) is 5.76 Å². The summed E-state index contributed by atoms with van der Waals surface area (Å²) in [6.45, 7) is 5.10. The van der Waals surface area contributed by atoms with Gasteiger partial charge in [0.15, 0.2) is 0 Å². The van der Waals surface area contributed by atoms with Crippen LogP contribution in [0.25, 0.3) is 0 Å². The molecule has 4 nitrogen and oxygen atoms in total. The van der Waals surface area contributed by atoms with E-state index >= 15 is 0 Å². The molecule has 0 spiro atoms. The summed E-state index contributed by atoms with van der Waals surface area (Å²) in [5.74, 6) is -0.739. The van der Waals surface area contributed by atoms with E-state index in [1.807, 2.05) is 0 Å². The molecule has 0 heterocycles. The van der Waals surface area contributed by atoms with Crippen molar-refractivity contribution in [3.63, 3.8) is 0 Å². The third kappa shape index (κ3) is 1.75.